The maximum atomic E-state index is 13.1. The molecule has 5 nitrogen and oxygen atoms in total. The Morgan fingerprint density at radius 1 is 1.07 bits per heavy atom. The molecule has 2 aromatic carbocycles. The van der Waals surface area contributed by atoms with E-state index in [0.29, 0.717) is 24.5 Å². The van der Waals surface area contributed by atoms with Crippen molar-refractivity contribution >= 4 is 5.70 Å². The van der Waals surface area contributed by atoms with Crippen LogP contribution in [0.15, 0.2) is 48.5 Å². The Bertz CT molecular complexity index is 849. The minimum Gasteiger partial charge on any atom is -0.453 e. The van der Waals surface area contributed by atoms with Gasteiger partial charge >= 0.3 is 6.61 Å². The summed E-state index contributed by atoms with van der Waals surface area (Å²) in [4.78, 5) is 5.63. The zero-order valence-electron chi connectivity index (χ0n) is 14.1. The minimum absolute atomic E-state index is 0.0748. The second-order valence-corrected chi connectivity index (χ2v) is 6.23. The van der Waals surface area contributed by atoms with Crippen molar-refractivity contribution in [3.63, 3.8) is 0 Å². The van der Waals surface area contributed by atoms with Crippen molar-refractivity contribution in [2.75, 3.05) is 13.2 Å². The molecule has 1 fully saturated rings. The van der Waals surface area contributed by atoms with Crippen molar-refractivity contribution in [2.24, 2.45) is 0 Å². The number of nitrogens with one attached hydrogen (secondary N) is 1. The second kappa shape index (κ2) is 7.13. The molecule has 1 spiro atoms. The number of rotatable bonds is 5. The van der Waals surface area contributed by atoms with Gasteiger partial charge in [-0.25, -0.2) is 4.39 Å². The van der Waals surface area contributed by atoms with Gasteiger partial charge in [0.05, 0.1) is 12.3 Å². The van der Waals surface area contributed by atoms with Crippen LogP contribution in [0.5, 0.6) is 17.2 Å². The molecule has 27 heavy (non-hydrogen) atoms. The summed E-state index contributed by atoms with van der Waals surface area (Å²) in [5, 5.41) is 0. The van der Waals surface area contributed by atoms with Gasteiger partial charge in [0.2, 0.25) is 0 Å². The van der Waals surface area contributed by atoms with Crippen LogP contribution in [-0.4, -0.2) is 25.4 Å². The maximum Gasteiger partial charge on any atom is 0.387 e. The third kappa shape index (κ3) is 3.86. The van der Waals surface area contributed by atoms with Crippen molar-refractivity contribution in [3.8, 4) is 17.2 Å². The van der Waals surface area contributed by atoms with E-state index in [1.807, 2.05) is 6.08 Å². The molecule has 0 radical (unpaired) electrons. The first kappa shape index (κ1) is 17.7. The first-order valence-corrected chi connectivity index (χ1v) is 8.30. The fourth-order valence-electron chi connectivity index (χ4n) is 2.96. The van der Waals surface area contributed by atoms with Gasteiger partial charge in [-0.3, -0.25) is 10.3 Å². The number of alkyl halides is 2. The molecule has 0 aliphatic carbocycles. The Kier molecular flexibility index (Phi) is 4.67. The van der Waals surface area contributed by atoms with Crippen molar-refractivity contribution in [2.45, 2.75) is 18.6 Å². The molecule has 0 bridgehead atoms. The lowest BCUT2D eigenvalue weighted by Gasteiger charge is -2.15. The lowest BCUT2D eigenvalue weighted by atomic mass is 10.0. The molecule has 142 valence electrons. The topological polar surface area (TPSA) is 49.0 Å². The summed E-state index contributed by atoms with van der Waals surface area (Å²) < 4.78 is 54.0. The zero-order chi connectivity index (χ0) is 18.9. The standard InChI is InChI=1S/C19H16F3NO4/c20-13-2-4-14(5-3-13)25-17-9-12(1-6-16(17)26-18(21)22)15-10-19(27-23-15)7-8-24-11-19/h1-6,9-10,18,23H,7-8,11H2. The van der Waals surface area contributed by atoms with Crippen molar-refractivity contribution in [1.82, 2.24) is 5.48 Å². The quantitative estimate of drug-likeness (QED) is 0.842. The van der Waals surface area contributed by atoms with E-state index in [2.05, 4.69) is 10.2 Å². The van der Waals surface area contributed by atoms with Crippen LogP contribution in [0.2, 0.25) is 0 Å². The Hall–Kier alpha value is -2.71. The van der Waals surface area contributed by atoms with Crippen LogP contribution in [0.4, 0.5) is 13.2 Å². The Labute approximate surface area is 153 Å². The van der Waals surface area contributed by atoms with Gasteiger partial charge in [-0.1, -0.05) is 0 Å². The van der Waals surface area contributed by atoms with E-state index < -0.39 is 18.0 Å². The summed E-state index contributed by atoms with van der Waals surface area (Å²) in [5.74, 6) is -0.193. The Morgan fingerprint density at radius 3 is 2.59 bits per heavy atom. The predicted octanol–water partition coefficient (Wildman–Crippen LogP) is 4.25. The zero-order valence-corrected chi connectivity index (χ0v) is 14.1. The molecule has 8 heteroatoms. The van der Waals surface area contributed by atoms with Gasteiger partial charge in [0.25, 0.3) is 0 Å². The molecule has 2 aromatic rings. The molecular weight excluding hydrogens is 363 g/mol. The SMILES string of the molecule is Fc1ccc(Oc2cc(C3=CC4(CCOC4)ON3)ccc2OC(F)F)cc1. The maximum absolute atomic E-state index is 13.1. The van der Waals surface area contributed by atoms with Gasteiger partial charge in [0.1, 0.15) is 17.2 Å². The average molecular weight is 379 g/mol. The third-order valence-electron chi connectivity index (χ3n) is 4.30. The largest absolute Gasteiger partial charge is 0.453 e. The second-order valence-electron chi connectivity index (χ2n) is 6.23. The van der Waals surface area contributed by atoms with Gasteiger partial charge in [-0.2, -0.15) is 8.78 Å². The predicted molar refractivity (Wildman–Crippen MR) is 89.9 cm³/mol. The number of halogens is 3. The van der Waals surface area contributed by atoms with E-state index in [4.69, 9.17) is 14.3 Å². The fourth-order valence-corrected chi connectivity index (χ4v) is 2.96. The monoisotopic (exact) mass is 379 g/mol. The molecule has 2 aliphatic rings. The number of hydroxylamine groups is 1. The van der Waals surface area contributed by atoms with Crippen LogP contribution in [0.3, 0.4) is 0 Å². The molecule has 0 aromatic heterocycles. The summed E-state index contributed by atoms with van der Waals surface area (Å²) in [6, 6.07) is 9.78. The molecular formula is C19H16F3NO4. The number of benzene rings is 2. The fraction of sp³-hybridized carbons (Fsp3) is 0.263. The lowest BCUT2D eigenvalue weighted by molar-refractivity contribution is -0.0510. The molecule has 1 unspecified atom stereocenters. The first-order valence-electron chi connectivity index (χ1n) is 8.30. The van der Waals surface area contributed by atoms with Crippen molar-refractivity contribution < 1.29 is 32.2 Å². The van der Waals surface area contributed by atoms with E-state index >= 15 is 0 Å². The third-order valence-corrected chi connectivity index (χ3v) is 4.30. The van der Waals surface area contributed by atoms with Crippen LogP contribution >= 0.6 is 0 Å². The average Bonchev–Trinajstić information content (AvgIpc) is 3.28. The molecule has 4 rings (SSSR count). The summed E-state index contributed by atoms with van der Waals surface area (Å²) in [6.45, 7) is -1.96. The van der Waals surface area contributed by atoms with Crippen LogP contribution in [0.25, 0.3) is 5.70 Å². The highest BCUT2D eigenvalue weighted by molar-refractivity contribution is 5.68. The van der Waals surface area contributed by atoms with E-state index in [1.54, 1.807) is 12.1 Å². The van der Waals surface area contributed by atoms with Crippen molar-refractivity contribution in [1.29, 1.82) is 0 Å². The van der Waals surface area contributed by atoms with Gasteiger partial charge < -0.3 is 14.2 Å². The Balaban J connectivity index is 1.65. The molecule has 2 aliphatic heterocycles. The molecule has 2 heterocycles. The molecule has 1 saturated heterocycles. The molecule has 0 amide bonds. The van der Waals surface area contributed by atoms with Gasteiger partial charge in [0, 0.05) is 18.6 Å². The molecule has 1 N–H and O–H groups in total. The van der Waals surface area contributed by atoms with Crippen LogP contribution < -0.4 is 15.0 Å². The van der Waals surface area contributed by atoms with Crippen molar-refractivity contribution in [3.05, 3.63) is 59.9 Å². The first-order chi connectivity index (χ1) is 13.0. The number of hydrogen-bond donors (Lipinski definition) is 1. The van der Waals surface area contributed by atoms with Gasteiger partial charge in [-0.05, 0) is 48.5 Å². The highest BCUT2D eigenvalue weighted by atomic mass is 19.3. The van der Waals surface area contributed by atoms with E-state index in [-0.39, 0.29) is 17.2 Å². The normalized spacial score (nSPS) is 21.4. The van der Waals surface area contributed by atoms with Gasteiger partial charge in [0.15, 0.2) is 11.5 Å². The van der Waals surface area contributed by atoms with Crippen LogP contribution in [-0.2, 0) is 9.57 Å². The number of hydrogen-bond acceptors (Lipinski definition) is 5. The summed E-state index contributed by atoms with van der Waals surface area (Å²) >= 11 is 0. The van der Waals surface area contributed by atoms with E-state index in [9.17, 15) is 13.2 Å². The summed E-state index contributed by atoms with van der Waals surface area (Å²) in [6.07, 6.45) is 2.62. The smallest absolute Gasteiger partial charge is 0.387 e. The highest BCUT2D eigenvalue weighted by Gasteiger charge is 2.39. The molecule has 0 saturated carbocycles. The molecule has 1 atom stereocenters. The summed E-state index contributed by atoms with van der Waals surface area (Å²) in [7, 11) is 0. The summed E-state index contributed by atoms with van der Waals surface area (Å²) in [5.41, 5.74) is 3.67. The Morgan fingerprint density at radius 2 is 1.89 bits per heavy atom. The minimum atomic E-state index is -3.00. The lowest BCUT2D eigenvalue weighted by Crippen LogP contribution is -2.29. The number of ether oxygens (including phenoxy) is 3. The van der Waals surface area contributed by atoms with Gasteiger partial charge in [-0.15, -0.1) is 0 Å². The highest BCUT2D eigenvalue weighted by Crippen LogP contribution is 2.38. The van der Waals surface area contributed by atoms with E-state index in [0.717, 1.165) is 6.42 Å². The van der Waals surface area contributed by atoms with Crippen LogP contribution in [0.1, 0.15) is 12.0 Å². The van der Waals surface area contributed by atoms with Crippen LogP contribution in [0, 0.1) is 5.82 Å². The van der Waals surface area contributed by atoms with E-state index in [1.165, 1.54) is 30.3 Å².